The number of nitrogens with one attached hydrogen (secondary N) is 1. The molecule has 0 aromatic heterocycles. The van der Waals surface area contributed by atoms with Crippen LogP contribution >= 0.6 is 25.3 Å². The van der Waals surface area contributed by atoms with E-state index < -0.39 is 17.3 Å². The summed E-state index contributed by atoms with van der Waals surface area (Å²) in [6.45, 7) is 0. The average molecular weight is 299 g/mol. The van der Waals surface area contributed by atoms with Crippen LogP contribution in [-0.4, -0.2) is 34.0 Å². The van der Waals surface area contributed by atoms with E-state index in [1.54, 1.807) is 0 Å². The Labute approximate surface area is 123 Å². The molecule has 1 rings (SSSR count). The molecule has 2 unspecified atom stereocenters. The average Bonchev–Trinajstić information content (AvgIpc) is 2.39. The van der Waals surface area contributed by atoms with Gasteiger partial charge in [0.25, 0.3) is 0 Å². The number of carbonyl (C=O) groups is 2. The molecule has 2 N–H and O–H groups in total. The van der Waals surface area contributed by atoms with Crippen molar-refractivity contribution < 1.29 is 14.7 Å². The predicted molar refractivity (Wildman–Crippen MR) is 81.0 cm³/mol. The number of carboxylic acid groups (broad SMARTS) is 1. The zero-order valence-corrected chi connectivity index (χ0v) is 12.1. The second-order valence-corrected chi connectivity index (χ2v) is 5.19. The third-order valence-corrected chi connectivity index (χ3v) is 3.28. The highest BCUT2D eigenvalue weighted by atomic mass is 32.1. The van der Waals surface area contributed by atoms with E-state index in [-0.39, 0.29) is 12.3 Å². The van der Waals surface area contributed by atoms with Crippen LogP contribution < -0.4 is 5.32 Å². The largest absolute Gasteiger partial charge is 0.480 e. The predicted octanol–water partition coefficient (Wildman–Crippen LogP) is 1.42. The van der Waals surface area contributed by atoms with Crippen molar-refractivity contribution in [1.29, 1.82) is 0 Å². The minimum absolute atomic E-state index is 0.288. The van der Waals surface area contributed by atoms with Crippen LogP contribution in [0.3, 0.4) is 0 Å². The summed E-state index contributed by atoms with van der Waals surface area (Å²) >= 11 is 8.20. The van der Waals surface area contributed by atoms with Gasteiger partial charge in [-0.3, -0.25) is 4.79 Å². The SMILES string of the molecule is O=C(NC(CCS)C(=O)O)C(S)Cc1ccccc1. The van der Waals surface area contributed by atoms with Gasteiger partial charge in [-0.25, -0.2) is 4.79 Å². The molecular formula is C13H17NO3S2. The second-order valence-electron chi connectivity index (χ2n) is 4.12. The molecule has 6 heteroatoms. The summed E-state index contributed by atoms with van der Waals surface area (Å²) in [5.41, 5.74) is 0.985. The molecule has 2 atom stereocenters. The van der Waals surface area contributed by atoms with Gasteiger partial charge in [0.1, 0.15) is 6.04 Å². The maximum absolute atomic E-state index is 11.9. The molecule has 4 nitrogen and oxygen atoms in total. The summed E-state index contributed by atoms with van der Waals surface area (Å²) in [6, 6.07) is 8.56. The number of hydrogen-bond acceptors (Lipinski definition) is 4. The summed E-state index contributed by atoms with van der Waals surface area (Å²) in [7, 11) is 0. The van der Waals surface area contributed by atoms with Crippen molar-refractivity contribution in [3.8, 4) is 0 Å². The molecule has 0 spiro atoms. The Hall–Kier alpha value is -1.14. The lowest BCUT2D eigenvalue weighted by molar-refractivity contribution is -0.141. The smallest absolute Gasteiger partial charge is 0.326 e. The summed E-state index contributed by atoms with van der Waals surface area (Å²) in [5.74, 6) is -1.03. The summed E-state index contributed by atoms with van der Waals surface area (Å²) in [4.78, 5) is 22.8. The third kappa shape index (κ3) is 5.57. The Morgan fingerprint density at radius 3 is 2.42 bits per heavy atom. The Morgan fingerprint density at radius 2 is 1.89 bits per heavy atom. The van der Waals surface area contributed by atoms with E-state index in [2.05, 4.69) is 30.6 Å². The standard InChI is InChI=1S/C13H17NO3S2/c15-12(14-10(6-7-18)13(16)17)11(19)8-9-4-2-1-3-5-9/h1-5,10-11,18-19H,6-8H2,(H,14,15)(H,16,17). The van der Waals surface area contributed by atoms with Crippen molar-refractivity contribution in [2.75, 3.05) is 5.75 Å². The zero-order chi connectivity index (χ0) is 14.3. The Kier molecular flexibility index (Phi) is 6.80. The molecule has 0 saturated carbocycles. The molecule has 1 aromatic rings. The molecule has 0 radical (unpaired) electrons. The van der Waals surface area contributed by atoms with Crippen molar-refractivity contribution in [3.05, 3.63) is 35.9 Å². The van der Waals surface area contributed by atoms with Gasteiger partial charge in [-0.2, -0.15) is 25.3 Å². The minimum atomic E-state index is -1.05. The van der Waals surface area contributed by atoms with Gasteiger partial charge in [0.15, 0.2) is 0 Å². The maximum atomic E-state index is 11.9. The van der Waals surface area contributed by atoms with Crippen molar-refractivity contribution in [3.63, 3.8) is 0 Å². The first-order valence-corrected chi connectivity index (χ1v) is 7.05. The molecule has 0 fully saturated rings. The number of benzene rings is 1. The topological polar surface area (TPSA) is 66.4 Å². The van der Waals surface area contributed by atoms with Crippen LogP contribution in [0.5, 0.6) is 0 Å². The van der Waals surface area contributed by atoms with Crippen LogP contribution in [0.25, 0.3) is 0 Å². The van der Waals surface area contributed by atoms with Crippen molar-refractivity contribution in [2.24, 2.45) is 0 Å². The lowest BCUT2D eigenvalue weighted by atomic mass is 10.1. The Morgan fingerprint density at radius 1 is 1.26 bits per heavy atom. The molecule has 0 aliphatic carbocycles. The molecule has 1 amide bonds. The van der Waals surface area contributed by atoms with Gasteiger partial charge in [0.2, 0.25) is 5.91 Å². The highest BCUT2D eigenvalue weighted by Gasteiger charge is 2.22. The number of aliphatic carboxylic acids is 1. The van der Waals surface area contributed by atoms with Gasteiger partial charge >= 0.3 is 5.97 Å². The van der Waals surface area contributed by atoms with E-state index in [0.29, 0.717) is 12.2 Å². The highest BCUT2D eigenvalue weighted by Crippen LogP contribution is 2.08. The van der Waals surface area contributed by atoms with Gasteiger partial charge in [-0.1, -0.05) is 30.3 Å². The quantitative estimate of drug-likeness (QED) is 0.576. The summed E-state index contributed by atoms with van der Waals surface area (Å²) < 4.78 is 0. The fraction of sp³-hybridized carbons (Fsp3) is 0.385. The number of carboxylic acids is 1. The summed E-state index contributed by atoms with van der Waals surface area (Å²) in [6.07, 6.45) is 0.749. The Balaban J connectivity index is 2.54. The van der Waals surface area contributed by atoms with Gasteiger partial charge in [-0.15, -0.1) is 0 Å². The van der Waals surface area contributed by atoms with Crippen LogP contribution in [0, 0.1) is 0 Å². The highest BCUT2D eigenvalue weighted by molar-refractivity contribution is 7.81. The number of amides is 1. The fourth-order valence-corrected chi connectivity index (χ4v) is 2.13. The van der Waals surface area contributed by atoms with Crippen LogP contribution in [0.2, 0.25) is 0 Å². The van der Waals surface area contributed by atoms with Gasteiger partial charge in [-0.05, 0) is 24.2 Å². The number of rotatable bonds is 7. The van der Waals surface area contributed by atoms with E-state index in [4.69, 9.17) is 5.11 Å². The maximum Gasteiger partial charge on any atom is 0.326 e. The van der Waals surface area contributed by atoms with E-state index in [1.165, 1.54) is 0 Å². The molecule has 1 aromatic carbocycles. The van der Waals surface area contributed by atoms with Crippen molar-refractivity contribution >= 4 is 37.1 Å². The molecule has 0 saturated heterocycles. The molecule has 0 heterocycles. The van der Waals surface area contributed by atoms with Crippen LogP contribution in [-0.2, 0) is 16.0 Å². The van der Waals surface area contributed by atoms with E-state index in [9.17, 15) is 9.59 Å². The zero-order valence-electron chi connectivity index (χ0n) is 10.3. The first-order chi connectivity index (χ1) is 9.04. The van der Waals surface area contributed by atoms with E-state index in [1.807, 2.05) is 30.3 Å². The minimum Gasteiger partial charge on any atom is -0.480 e. The van der Waals surface area contributed by atoms with Crippen LogP contribution in [0.1, 0.15) is 12.0 Å². The van der Waals surface area contributed by atoms with Crippen molar-refractivity contribution in [1.82, 2.24) is 5.32 Å². The fourth-order valence-electron chi connectivity index (χ4n) is 1.58. The van der Waals surface area contributed by atoms with E-state index in [0.717, 1.165) is 5.56 Å². The number of hydrogen-bond donors (Lipinski definition) is 4. The van der Waals surface area contributed by atoms with Gasteiger partial charge in [0, 0.05) is 0 Å². The lowest BCUT2D eigenvalue weighted by Crippen LogP contribution is -2.44. The molecule has 104 valence electrons. The van der Waals surface area contributed by atoms with Gasteiger partial charge in [0.05, 0.1) is 5.25 Å². The first-order valence-electron chi connectivity index (χ1n) is 5.90. The lowest BCUT2D eigenvalue weighted by Gasteiger charge is -2.16. The molecule has 0 aliphatic heterocycles. The summed E-state index contributed by atoms with van der Waals surface area (Å²) in [5, 5.41) is 10.9. The third-order valence-electron chi connectivity index (χ3n) is 2.61. The van der Waals surface area contributed by atoms with Crippen LogP contribution in [0.4, 0.5) is 0 Å². The molecule has 0 bridgehead atoms. The normalized spacial score (nSPS) is 13.6. The number of thiol groups is 2. The molecular weight excluding hydrogens is 282 g/mol. The first kappa shape index (κ1) is 15.9. The second kappa shape index (κ2) is 8.12. The monoisotopic (exact) mass is 299 g/mol. The Bertz CT molecular complexity index is 425. The number of carbonyl (C=O) groups excluding carboxylic acids is 1. The van der Waals surface area contributed by atoms with E-state index >= 15 is 0 Å². The molecule has 19 heavy (non-hydrogen) atoms. The van der Waals surface area contributed by atoms with Crippen molar-refractivity contribution in [2.45, 2.75) is 24.1 Å². The van der Waals surface area contributed by atoms with Gasteiger partial charge < -0.3 is 10.4 Å². The van der Waals surface area contributed by atoms with Crippen LogP contribution in [0.15, 0.2) is 30.3 Å². The molecule has 0 aliphatic rings.